The summed E-state index contributed by atoms with van der Waals surface area (Å²) in [6.07, 6.45) is 8.51. The van der Waals surface area contributed by atoms with E-state index in [1.807, 2.05) is 26.0 Å². The number of hydrogen-bond acceptors (Lipinski definition) is 8. The lowest BCUT2D eigenvalue weighted by molar-refractivity contribution is -0.136. The van der Waals surface area contributed by atoms with Gasteiger partial charge in [-0.3, -0.25) is 19.8 Å². The van der Waals surface area contributed by atoms with Gasteiger partial charge >= 0.3 is 0 Å². The lowest BCUT2D eigenvalue weighted by Gasteiger charge is -2.45. The number of carbonyl (C=O) groups is 2. The Morgan fingerprint density at radius 2 is 1.67 bits per heavy atom. The molecule has 4 heterocycles. The Morgan fingerprint density at radius 3 is 2.37 bits per heavy atom. The van der Waals surface area contributed by atoms with Crippen molar-refractivity contribution < 1.29 is 18.4 Å². The molecule has 1 spiro atoms. The Morgan fingerprint density at radius 1 is 0.957 bits per heavy atom. The number of alkyl halides is 2. The molecule has 1 saturated carbocycles. The molecule has 1 aliphatic carbocycles. The zero-order valence-corrected chi connectivity index (χ0v) is 28.6. The van der Waals surface area contributed by atoms with E-state index in [-0.39, 0.29) is 48.3 Å². The summed E-state index contributed by atoms with van der Waals surface area (Å²) in [4.78, 5) is 33.5. The number of amides is 2. The first-order valence-corrected chi connectivity index (χ1v) is 18.3. The second-order valence-electron chi connectivity index (χ2n) is 15.4. The molecule has 5 fully saturated rings. The normalized spacial score (nSPS) is 36.3. The molecule has 0 aromatic heterocycles. The third kappa shape index (κ3) is 8.58. The SMILES string of the molecule is CN(C)CCCN(C)C(=O)C1CCN(C2C(F)CNCC2NC(=O)C2C(N)NC3CCC(F)CNC2CC32CCCCCC2)CC1. The molecule has 2 bridgehead atoms. The van der Waals surface area contributed by atoms with E-state index in [0.29, 0.717) is 38.9 Å². The van der Waals surface area contributed by atoms with Gasteiger partial charge in [-0.15, -0.1) is 0 Å². The molecular formula is C34H62F2N8O2. The lowest BCUT2D eigenvalue weighted by atomic mass is 9.68. The van der Waals surface area contributed by atoms with Crippen molar-refractivity contribution in [2.24, 2.45) is 23.0 Å². The van der Waals surface area contributed by atoms with Crippen LogP contribution in [0.3, 0.4) is 0 Å². The molecule has 0 aromatic rings. The van der Waals surface area contributed by atoms with E-state index in [4.69, 9.17) is 5.73 Å². The summed E-state index contributed by atoms with van der Waals surface area (Å²) in [6, 6.07) is -1.09. The molecule has 0 radical (unpaired) electrons. The van der Waals surface area contributed by atoms with Crippen molar-refractivity contribution in [3.8, 4) is 0 Å². The van der Waals surface area contributed by atoms with Gasteiger partial charge in [0.05, 0.1) is 24.2 Å². The summed E-state index contributed by atoms with van der Waals surface area (Å²) in [5, 5.41) is 13.5. The maximum Gasteiger partial charge on any atom is 0.227 e. The number of nitrogens with one attached hydrogen (secondary N) is 4. The average molecular weight is 653 g/mol. The van der Waals surface area contributed by atoms with Crippen LogP contribution in [0.5, 0.6) is 0 Å². The van der Waals surface area contributed by atoms with Crippen LogP contribution in [0.15, 0.2) is 0 Å². The summed E-state index contributed by atoms with van der Waals surface area (Å²) in [6.45, 7) is 3.84. The van der Waals surface area contributed by atoms with Crippen molar-refractivity contribution in [3.63, 3.8) is 0 Å². The van der Waals surface area contributed by atoms with E-state index in [2.05, 4.69) is 31.1 Å². The number of nitrogens with zero attached hydrogens (tertiary/aromatic N) is 3. The number of rotatable bonds is 8. The minimum Gasteiger partial charge on any atom is -0.350 e. The smallest absolute Gasteiger partial charge is 0.227 e. The highest BCUT2D eigenvalue weighted by molar-refractivity contribution is 5.81. The van der Waals surface area contributed by atoms with Crippen LogP contribution in [-0.4, -0.2) is 136 Å². The van der Waals surface area contributed by atoms with E-state index in [1.54, 1.807) is 0 Å². The van der Waals surface area contributed by atoms with E-state index in [9.17, 15) is 14.0 Å². The largest absolute Gasteiger partial charge is 0.350 e. The first-order chi connectivity index (χ1) is 22.1. The highest BCUT2D eigenvalue weighted by atomic mass is 19.1. The standard InChI is InChI=1S/C34H62F2N8O2/c1-42(2)15-8-16-43(3)33(46)23-11-17-44(18-12-23)30-25(36)21-38-22-27(30)40-32(45)29-26-19-34(13-6-4-5-7-14-34)28(41-31(29)37)10-9-24(35)20-39-26/h23-31,38-39,41H,4-22,37H2,1-3H3,(H,40,45). The van der Waals surface area contributed by atoms with Crippen molar-refractivity contribution in [2.45, 2.75) is 120 Å². The second-order valence-corrected chi connectivity index (χ2v) is 15.4. The second kappa shape index (κ2) is 16.3. The summed E-state index contributed by atoms with van der Waals surface area (Å²) in [5.74, 6) is -0.666. The van der Waals surface area contributed by atoms with Crippen LogP contribution < -0.4 is 27.0 Å². The molecule has 10 nitrogen and oxygen atoms in total. The minimum atomic E-state index is -1.15. The Balaban J connectivity index is 1.25. The molecule has 5 aliphatic rings. The number of halogens is 2. The van der Waals surface area contributed by atoms with Crippen LogP contribution in [0.25, 0.3) is 0 Å². The molecule has 264 valence electrons. The molecule has 2 amide bonds. The van der Waals surface area contributed by atoms with Gasteiger partial charge in [-0.05, 0) is 90.5 Å². The summed E-state index contributed by atoms with van der Waals surface area (Å²) >= 11 is 0. The summed E-state index contributed by atoms with van der Waals surface area (Å²) in [5.41, 5.74) is 6.83. The average Bonchev–Trinajstić information content (AvgIpc) is 3.30. The van der Waals surface area contributed by atoms with E-state index < -0.39 is 36.5 Å². The predicted octanol–water partition coefficient (Wildman–Crippen LogP) is 1.60. The zero-order chi connectivity index (χ0) is 32.8. The Labute approximate surface area is 275 Å². The molecule has 8 unspecified atom stereocenters. The number of fused-ring (bicyclic) bond motifs is 1. The fourth-order valence-corrected chi connectivity index (χ4v) is 9.38. The molecule has 6 N–H and O–H groups in total. The molecule has 8 atom stereocenters. The molecular weight excluding hydrogens is 590 g/mol. The first-order valence-electron chi connectivity index (χ1n) is 18.3. The summed E-state index contributed by atoms with van der Waals surface area (Å²) in [7, 11) is 5.95. The topological polar surface area (TPSA) is 118 Å². The van der Waals surface area contributed by atoms with Gasteiger partial charge in [-0.25, -0.2) is 8.78 Å². The molecule has 5 rings (SSSR count). The highest BCUT2D eigenvalue weighted by Gasteiger charge is 2.50. The third-order valence-electron chi connectivity index (χ3n) is 11.9. The number of hydrogen-bond donors (Lipinski definition) is 5. The zero-order valence-electron chi connectivity index (χ0n) is 28.6. The minimum absolute atomic E-state index is 0.00790. The highest BCUT2D eigenvalue weighted by Crippen LogP contribution is 2.47. The van der Waals surface area contributed by atoms with Crippen LogP contribution in [0.4, 0.5) is 8.78 Å². The number of carbonyl (C=O) groups excluding carboxylic acids is 2. The van der Waals surface area contributed by atoms with Crippen molar-refractivity contribution in [2.75, 3.05) is 67.0 Å². The fraction of sp³-hybridized carbons (Fsp3) is 0.941. The lowest BCUT2D eigenvalue weighted by Crippen LogP contribution is -2.68. The van der Waals surface area contributed by atoms with Gasteiger partial charge in [-0.1, -0.05) is 25.7 Å². The van der Waals surface area contributed by atoms with Gasteiger partial charge in [0.2, 0.25) is 11.8 Å². The Bertz CT molecular complexity index is 990. The first kappa shape index (κ1) is 35.9. The number of nitrogens with two attached hydrogens (primary N) is 1. The van der Waals surface area contributed by atoms with Gasteiger partial charge in [0.1, 0.15) is 12.3 Å². The summed E-state index contributed by atoms with van der Waals surface area (Å²) < 4.78 is 30.7. The molecule has 4 aliphatic heterocycles. The van der Waals surface area contributed by atoms with E-state index in [0.717, 1.165) is 58.0 Å². The van der Waals surface area contributed by atoms with E-state index >= 15 is 4.39 Å². The van der Waals surface area contributed by atoms with Crippen LogP contribution in [0.2, 0.25) is 0 Å². The van der Waals surface area contributed by atoms with Crippen LogP contribution in [-0.2, 0) is 9.59 Å². The van der Waals surface area contributed by atoms with Crippen molar-refractivity contribution in [1.82, 2.24) is 36.0 Å². The number of likely N-dealkylation sites (tertiary alicyclic amines) is 1. The fourth-order valence-electron chi connectivity index (χ4n) is 9.38. The van der Waals surface area contributed by atoms with E-state index in [1.165, 1.54) is 12.8 Å². The van der Waals surface area contributed by atoms with Gasteiger partial charge in [0, 0.05) is 51.2 Å². The van der Waals surface area contributed by atoms with Crippen LogP contribution in [0, 0.1) is 17.3 Å². The van der Waals surface area contributed by atoms with Gasteiger partial charge in [-0.2, -0.15) is 0 Å². The molecule has 4 saturated heterocycles. The van der Waals surface area contributed by atoms with Crippen LogP contribution in [0.1, 0.15) is 77.0 Å². The van der Waals surface area contributed by atoms with Gasteiger partial charge in [0.25, 0.3) is 0 Å². The Hall–Kier alpha value is -1.44. The van der Waals surface area contributed by atoms with Crippen molar-refractivity contribution >= 4 is 11.8 Å². The van der Waals surface area contributed by atoms with Crippen molar-refractivity contribution in [3.05, 3.63) is 0 Å². The van der Waals surface area contributed by atoms with Gasteiger partial charge < -0.3 is 31.5 Å². The molecule has 0 aromatic carbocycles. The maximum absolute atomic E-state index is 15.7. The van der Waals surface area contributed by atoms with Crippen LogP contribution >= 0.6 is 0 Å². The number of piperidine rings is 2. The maximum atomic E-state index is 15.7. The molecule has 46 heavy (non-hydrogen) atoms. The Kier molecular flexibility index (Phi) is 12.7. The van der Waals surface area contributed by atoms with Crippen molar-refractivity contribution in [1.29, 1.82) is 0 Å². The molecule has 12 heteroatoms. The third-order valence-corrected chi connectivity index (χ3v) is 11.9. The monoisotopic (exact) mass is 652 g/mol. The van der Waals surface area contributed by atoms with Gasteiger partial charge in [0.15, 0.2) is 0 Å². The predicted molar refractivity (Wildman–Crippen MR) is 178 cm³/mol. The quantitative estimate of drug-likeness (QED) is 0.269.